The number of likely N-dealkylation sites (N-methyl/N-ethyl adjacent to an activating group) is 1. The van der Waals surface area contributed by atoms with Crippen LogP contribution in [0, 0.1) is 0 Å². The van der Waals surface area contributed by atoms with E-state index in [0.717, 1.165) is 130 Å². The van der Waals surface area contributed by atoms with Crippen LogP contribution in [0.2, 0.25) is 0 Å². The third-order valence-electron chi connectivity index (χ3n) is 10.6. The monoisotopic (exact) mass is 762 g/mol. The average Bonchev–Trinajstić information content (AvgIpc) is 3.84. The summed E-state index contributed by atoms with van der Waals surface area (Å²) in [4.78, 5) is 41.4. The second-order valence-corrected chi connectivity index (χ2v) is 14.2. The fourth-order valence-electron chi connectivity index (χ4n) is 7.60. The number of rotatable bonds is 8. The zero-order valence-electron chi connectivity index (χ0n) is 32.5. The summed E-state index contributed by atoms with van der Waals surface area (Å²) in [5, 5.41) is 5.53. The van der Waals surface area contributed by atoms with Crippen molar-refractivity contribution >= 4 is 55.8 Å². The molecule has 2 fully saturated rings. The Labute approximate surface area is 330 Å². The summed E-state index contributed by atoms with van der Waals surface area (Å²) >= 11 is 0. The van der Waals surface area contributed by atoms with Crippen LogP contribution in [0.4, 0.5) is 11.9 Å². The van der Waals surface area contributed by atoms with Gasteiger partial charge in [-0.1, -0.05) is 30.3 Å². The van der Waals surface area contributed by atoms with E-state index in [4.69, 9.17) is 29.4 Å². The molecule has 0 bridgehead atoms. The van der Waals surface area contributed by atoms with E-state index >= 15 is 0 Å². The highest BCUT2D eigenvalue weighted by molar-refractivity contribution is 6.11. The van der Waals surface area contributed by atoms with Crippen LogP contribution >= 0.6 is 0 Å². The van der Waals surface area contributed by atoms with Crippen molar-refractivity contribution in [2.45, 2.75) is 13.8 Å². The Hall–Kier alpha value is -6.38. The van der Waals surface area contributed by atoms with Crippen LogP contribution in [0.25, 0.3) is 66.1 Å². The Kier molecular flexibility index (Phi) is 10.2. The van der Waals surface area contributed by atoms with Crippen LogP contribution in [-0.2, 0) is 0 Å². The van der Waals surface area contributed by atoms with Gasteiger partial charge in [-0.25, -0.2) is 9.97 Å². The molecular formula is C43H46N12O2. The smallest absolute Gasteiger partial charge is 0.243 e. The number of nitrogens with zero attached hydrogens (tertiary/aromatic N) is 9. The Morgan fingerprint density at radius 2 is 1.18 bits per heavy atom. The Bertz CT molecular complexity index is 2630. The minimum atomic E-state index is 0.555. The van der Waals surface area contributed by atoms with Crippen LogP contribution in [0.5, 0.6) is 11.8 Å². The predicted molar refractivity (Wildman–Crippen MR) is 226 cm³/mol. The van der Waals surface area contributed by atoms with Crippen LogP contribution in [-0.4, -0.2) is 117 Å². The molecule has 10 rings (SSSR count). The SMILES string of the molecule is CCOc1nc(N2CCN(C)CC2)nc2c1[nH]c1cc(-c3ccncc3)ccc12.CCOc1nc(N2CCNCC2)nc2c1[nH]c1c(-c3ccncc3)cccc12. The molecule has 3 N–H and O–H groups in total. The number of ether oxygens (including phenoxy) is 2. The number of anilines is 2. The van der Waals surface area contributed by atoms with E-state index in [2.05, 4.69) is 83.4 Å². The number of para-hydroxylation sites is 1. The molecule has 0 atom stereocenters. The molecule has 0 spiro atoms. The first kappa shape index (κ1) is 36.3. The molecule has 8 heterocycles. The van der Waals surface area contributed by atoms with Gasteiger partial charge >= 0.3 is 0 Å². The summed E-state index contributed by atoms with van der Waals surface area (Å²) in [5.41, 5.74) is 10.1. The zero-order chi connectivity index (χ0) is 38.7. The molecule has 6 aromatic heterocycles. The minimum Gasteiger partial charge on any atom is -0.476 e. The number of fused-ring (bicyclic) bond motifs is 6. The zero-order valence-corrected chi connectivity index (χ0v) is 32.5. The predicted octanol–water partition coefficient (Wildman–Crippen LogP) is 6.31. The Morgan fingerprint density at radius 3 is 1.82 bits per heavy atom. The highest BCUT2D eigenvalue weighted by Gasteiger charge is 2.23. The van der Waals surface area contributed by atoms with E-state index in [0.29, 0.717) is 25.0 Å². The molecule has 2 aromatic carbocycles. The number of piperazine rings is 2. The highest BCUT2D eigenvalue weighted by atomic mass is 16.5. The third-order valence-corrected chi connectivity index (χ3v) is 10.6. The van der Waals surface area contributed by atoms with Crippen molar-refractivity contribution in [3.63, 3.8) is 0 Å². The first-order chi connectivity index (χ1) is 28.1. The van der Waals surface area contributed by atoms with Gasteiger partial charge in [0.05, 0.1) is 18.7 Å². The van der Waals surface area contributed by atoms with Gasteiger partial charge in [-0.15, -0.1) is 0 Å². The topological polar surface area (TPSA) is 149 Å². The van der Waals surface area contributed by atoms with E-state index in [1.54, 1.807) is 0 Å². The van der Waals surface area contributed by atoms with E-state index < -0.39 is 0 Å². The Morgan fingerprint density at radius 1 is 0.579 bits per heavy atom. The number of nitrogens with one attached hydrogen (secondary N) is 3. The summed E-state index contributed by atoms with van der Waals surface area (Å²) < 4.78 is 11.8. The highest BCUT2D eigenvalue weighted by Crippen LogP contribution is 2.37. The summed E-state index contributed by atoms with van der Waals surface area (Å²) in [6.45, 7) is 12.6. The molecule has 2 aliphatic rings. The molecule has 14 nitrogen and oxygen atoms in total. The lowest BCUT2D eigenvalue weighted by Crippen LogP contribution is -2.45. The van der Waals surface area contributed by atoms with E-state index in [1.807, 2.05) is 62.9 Å². The summed E-state index contributed by atoms with van der Waals surface area (Å²) in [5.74, 6) is 2.70. The molecule has 14 heteroatoms. The standard InChI is InChI=1S/C22H24N6O.C21H22N6O/c1-3-29-21-20-19(25-22(26-21)28-12-10-27(2)11-13-28)17-5-4-16(14-18(17)24-20)15-6-8-23-9-7-15;1-2-28-20-19-18(25-21(26-20)27-12-10-23-11-13-27)16-5-3-4-15(17(16)24-19)14-6-8-22-9-7-14/h4-9,14,24H,3,10-13H2,1-2H3;3-9,23-24H,2,10-13H2,1H3. The maximum Gasteiger partial charge on any atom is 0.243 e. The minimum absolute atomic E-state index is 0.555. The molecule has 8 aromatic rings. The van der Waals surface area contributed by atoms with Crippen molar-refractivity contribution in [1.82, 2.24) is 50.1 Å². The van der Waals surface area contributed by atoms with Crippen molar-refractivity contribution in [1.29, 1.82) is 0 Å². The van der Waals surface area contributed by atoms with Crippen LogP contribution in [0.1, 0.15) is 13.8 Å². The maximum absolute atomic E-state index is 5.89. The van der Waals surface area contributed by atoms with Crippen LogP contribution in [0.3, 0.4) is 0 Å². The van der Waals surface area contributed by atoms with Gasteiger partial charge in [0.2, 0.25) is 23.7 Å². The maximum atomic E-state index is 5.89. The second-order valence-electron chi connectivity index (χ2n) is 14.2. The first-order valence-electron chi connectivity index (χ1n) is 19.7. The number of aromatic nitrogens is 8. The van der Waals surface area contributed by atoms with E-state index in [1.165, 1.54) is 0 Å². The third kappa shape index (κ3) is 7.25. The van der Waals surface area contributed by atoms with Gasteiger partial charge in [-0.05, 0) is 67.9 Å². The number of hydrogen-bond acceptors (Lipinski definition) is 12. The number of hydrogen-bond donors (Lipinski definition) is 3. The lowest BCUT2D eigenvalue weighted by molar-refractivity contribution is 0.308. The number of pyridine rings is 2. The van der Waals surface area contributed by atoms with E-state index in [9.17, 15) is 0 Å². The molecule has 290 valence electrons. The molecule has 0 radical (unpaired) electrons. The van der Waals surface area contributed by atoms with E-state index in [-0.39, 0.29) is 0 Å². The quantitative estimate of drug-likeness (QED) is 0.159. The normalized spacial score (nSPS) is 15.0. The first-order valence-corrected chi connectivity index (χ1v) is 19.7. The number of aromatic amines is 2. The number of H-pyrrole nitrogens is 2. The average molecular weight is 763 g/mol. The molecule has 0 aliphatic carbocycles. The summed E-state index contributed by atoms with van der Waals surface area (Å²) in [6, 6.07) is 20.7. The van der Waals surface area contributed by atoms with Crippen molar-refractivity contribution in [3.8, 4) is 34.0 Å². The van der Waals surface area contributed by atoms with Crippen LogP contribution < -0.4 is 24.6 Å². The van der Waals surface area contributed by atoms with Gasteiger partial charge in [0, 0.05) is 99.0 Å². The van der Waals surface area contributed by atoms with Gasteiger partial charge in [-0.2, -0.15) is 9.97 Å². The molecule has 0 unspecified atom stereocenters. The van der Waals surface area contributed by atoms with Crippen molar-refractivity contribution in [2.75, 3.05) is 82.4 Å². The van der Waals surface area contributed by atoms with Crippen molar-refractivity contribution in [3.05, 3.63) is 85.5 Å². The van der Waals surface area contributed by atoms with Gasteiger partial charge < -0.3 is 39.5 Å². The van der Waals surface area contributed by atoms with Gasteiger partial charge in [0.25, 0.3) is 0 Å². The lowest BCUT2D eigenvalue weighted by Gasteiger charge is -2.32. The molecule has 2 saturated heterocycles. The van der Waals surface area contributed by atoms with Gasteiger partial charge in [0.1, 0.15) is 22.1 Å². The molecule has 0 amide bonds. The van der Waals surface area contributed by atoms with Gasteiger partial charge in [-0.3, -0.25) is 9.97 Å². The van der Waals surface area contributed by atoms with Crippen molar-refractivity contribution in [2.24, 2.45) is 0 Å². The van der Waals surface area contributed by atoms with Crippen molar-refractivity contribution < 1.29 is 9.47 Å². The second kappa shape index (κ2) is 16.0. The van der Waals surface area contributed by atoms with Gasteiger partial charge in [0.15, 0.2) is 0 Å². The Balaban J connectivity index is 0.000000148. The van der Waals surface area contributed by atoms with Crippen LogP contribution in [0.15, 0.2) is 85.5 Å². The summed E-state index contributed by atoms with van der Waals surface area (Å²) in [6.07, 6.45) is 7.24. The fourth-order valence-corrected chi connectivity index (χ4v) is 7.60. The lowest BCUT2D eigenvalue weighted by atomic mass is 10.0. The molecule has 57 heavy (non-hydrogen) atoms. The molecule has 2 aliphatic heterocycles. The number of benzene rings is 2. The molecule has 0 saturated carbocycles. The largest absolute Gasteiger partial charge is 0.476 e. The fraction of sp³-hybridized carbons (Fsp3) is 0.302. The summed E-state index contributed by atoms with van der Waals surface area (Å²) in [7, 11) is 2.15. The molecular weight excluding hydrogens is 717 g/mol.